The Balaban J connectivity index is 2.69. The van der Waals surface area contributed by atoms with Crippen molar-refractivity contribution < 1.29 is 24.9 Å². The van der Waals surface area contributed by atoms with Crippen LogP contribution in [0.25, 0.3) is 0 Å². The van der Waals surface area contributed by atoms with Crippen LogP contribution in [0.3, 0.4) is 0 Å². The minimum absolute atomic E-state index is 0.0392. The van der Waals surface area contributed by atoms with E-state index in [2.05, 4.69) is 0 Å². The third-order valence-corrected chi connectivity index (χ3v) is 2.69. The fraction of sp³-hybridized carbons (Fsp3) is 0.900. The van der Waals surface area contributed by atoms with Gasteiger partial charge in [0.05, 0.1) is 18.1 Å². The van der Waals surface area contributed by atoms with Crippen molar-refractivity contribution in [1.82, 2.24) is 0 Å². The normalized spacial score (nSPS) is 36.9. The zero-order chi connectivity index (χ0) is 11.6. The third-order valence-electron chi connectivity index (χ3n) is 2.69. The molecule has 88 valence electrons. The summed E-state index contributed by atoms with van der Waals surface area (Å²) in [4.78, 5) is 10.6. The summed E-state index contributed by atoms with van der Waals surface area (Å²) in [6.07, 6.45) is -1.50. The second kappa shape index (κ2) is 4.47. The summed E-state index contributed by atoms with van der Waals surface area (Å²) in [6, 6.07) is 0. The summed E-state index contributed by atoms with van der Waals surface area (Å²) >= 11 is 0. The van der Waals surface area contributed by atoms with Gasteiger partial charge in [-0.2, -0.15) is 0 Å². The first-order chi connectivity index (χ1) is 6.82. The topological polar surface area (TPSA) is 87.0 Å². The van der Waals surface area contributed by atoms with Gasteiger partial charge in [0.25, 0.3) is 0 Å². The molecule has 0 spiro atoms. The number of ether oxygens (including phenoxy) is 1. The average Bonchev–Trinajstić information content (AvgIpc) is 1.98. The van der Waals surface area contributed by atoms with Crippen LogP contribution in [-0.4, -0.2) is 39.3 Å². The third kappa shape index (κ3) is 3.44. The number of aliphatic hydroxyl groups is 2. The van der Waals surface area contributed by atoms with E-state index in [9.17, 15) is 15.0 Å². The highest BCUT2D eigenvalue weighted by molar-refractivity contribution is 5.68. The first kappa shape index (κ1) is 12.4. The second-order valence-corrected chi connectivity index (χ2v) is 4.58. The summed E-state index contributed by atoms with van der Waals surface area (Å²) in [5, 5.41) is 28.1. The predicted octanol–water partition coefficient (Wildman–Crippen LogP) is 0.346. The maximum atomic E-state index is 10.6. The molecule has 1 rings (SSSR count). The zero-order valence-corrected chi connectivity index (χ0v) is 9.01. The molecule has 1 heterocycles. The first-order valence-electron chi connectivity index (χ1n) is 5.10. The van der Waals surface area contributed by atoms with Crippen molar-refractivity contribution in [3.8, 4) is 0 Å². The molecule has 0 amide bonds. The molecular weight excluding hydrogens is 200 g/mol. The van der Waals surface area contributed by atoms with Crippen LogP contribution in [0.4, 0.5) is 0 Å². The number of carbonyl (C=O) groups is 1. The Hall–Kier alpha value is -0.650. The van der Waals surface area contributed by atoms with Crippen molar-refractivity contribution >= 4 is 5.97 Å². The number of hydrogen-bond acceptors (Lipinski definition) is 4. The van der Waals surface area contributed by atoms with Gasteiger partial charge in [-0.1, -0.05) is 13.8 Å². The minimum Gasteiger partial charge on any atom is -0.481 e. The van der Waals surface area contributed by atoms with E-state index in [0.29, 0.717) is 0 Å². The Bertz CT molecular complexity index is 240. The SMILES string of the molecule is CC(C)[C@H]1CC(O)(CC(=O)O)CC(O)O1. The lowest BCUT2D eigenvalue weighted by Gasteiger charge is -2.40. The smallest absolute Gasteiger partial charge is 0.306 e. The van der Waals surface area contributed by atoms with Crippen molar-refractivity contribution in [2.24, 2.45) is 5.92 Å². The molecule has 0 saturated carbocycles. The second-order valence-electron chi connectivity index (χ2n) is 4.58. The van der Waals surface area contributed by atoms with Gasteiger partial charge in [0, 0.05) is 12.8 Å². The monoisotopic (exact) mass is 218 g/mol. The van der Waals surface area contributed by atoms with E-state index in [1.807, 2.05) is 13.8 Å². The lowest BCUT2D eigenvalue weighted by atomic mass is 9.83. The molecule has 0 aliphatic carbocycles. The van der Waals surface area contributed by atoms with Gasteiger partial charge in [-0.25, -0.2) is 0 Å². The summed E-state index contributed by atoms with van der Waals surface area (Å²) < 4.78 is 5.23. The fourth-order valence-electron chi connectivity index (χ4n) is 1.90. The number of carboxylic acid groups (broad SMARTS) is 1. The van der Waals surface area contributed by atoms with E-state index < -0.39 is 17.9 Å². The van der Waals surface area contributed by atoms with Crippen LogP contribution in [0, 0.1) is 5.92 Å². The van der Waals surface area contributed by atoms with Crippen LogP contribution in [0.2, 0.25) is 0 Å². The molecule has 0 bridgehead atoms. The molecule has 3 atom stereocenters. The highest BCUT2D eigenvalue weighted by Gasteiger charge is 2.41. The van der Waals surface area contributed by atoms with Gasteiger partial charge in [-0.15, -0.1) is 0 Å². The predicted molar refractivity (Wildman–Crippen MR) is 52.2 cm³/mol. The highest BCUT2D eigenvalue weighted by Crippen LogP contribution is 2.33. The molecule has 1 aliphatic heterocycles. The van der Waals surface area contributed by atoms with Crippen LogP contribution in [0.15, 0.2) is 0 Å². The Morgan fingerprint density at radius 3 is 2.60 bits per heavy atom. The minimum atomic E-state index is -1.35. The van der Waals surface area contributed by atoms with Crippen molar-refractivity contribution in [1.29, 1.82) is 0 Å². The van der Waals surface area contributed by atoms with Crippen LogP contribution < -0.4 is 0 Å². The van der Waals surface area contributed by atoms with Crippen LogP contribution in [0.5, 0.6) is 0 Å². The van der Waals surface area contributed by atoms with E-state index in [0.717, 1.165) is 0 Å². The van der Waals surface area contributed by atoms with E-state index in [1.54, 1.807) is 0 Å². The Labute approximate surface area is 88.7 Å². The molecule has 0 aromatic heterocycles. The van der Waals surface area contributed by atoms with E-state index in [-0.39, 0.29) is 31.3 Å². The van der Waals surface area contributed by atoms with Crippen LogP contribution >= 0.6 is 0 Å². The van der Waals surface area contributed by atoms with Gasteiger partial charge >= 0.3 is 5.97 Å². The Morgan fingerprint density at radius 1 is 1.53 bits per heavy atom. The molecule has 15 heavy (non-hydrogen) atoms. The van der Waals surface area contributed by atoms with E-state index in [1.165, 1.54) is 0 Å². The molecule has 0 radical (unpaired) electrons. The number of aliphatic carboxylic acids is 1. The summed E-state index contributed by atoms with van der Waals surface area (Å²) in [5.74, 6) is -0.922. The number of aliphatic hydroxyl groups excluding tert-OH is 1. The Kier molecular flexibility index (Phi) is 3.70. The molecule has 2 unspecified atom stereocenters. The van der Waals surface area contributed by atoms with Crippen molar-refractivity contribution in [2.45, 2.75) is 51.1 Å². The van der Waals surface area contributed by atoms with Gasteiger partial charge in [-0.05, 0) is 5.92 Å². The average molecular weight is 218 g/mol. The fourth-order valence-corrected chi connectivity index (χ4v) is 1.90. The summed E-state index contributed by atoms with van der Waals surface area (Å²) in [6.45, 7) is 3.81. The highest BCUT2D eigenvalue weighted by atomic mass is 16.6. The molecule has 0 aromatic carbocycles. The van der Waals surface area contributed by atoms with Gasteiger partial charge in [0.15, 0.2) is 6.29 Å². The molecule has 1 saturated heterocycles. The van der Waals surface area contributed by atoms with Gasteiger partial charge in [0.1, 0.15) is 0 Å². The quantitative estimate of drug-likeness (QED) is 0.636. The van der Waals surface area contributed by atoms with Gasteiger partial charge < -0.3 is 20.1 Å². The van der Waals surface area contributed by atoms with Crippen molar-refractivity contribution in [3.63, 3.8) is 0 Å². The lowest BCUT2D eigenvalue weighted by Crippen LogP contribution is -2.48. The van der Waals surface area contributed by atoms with E-state index in [4.69, 9.17) is 9.84 Å². The number of rotatable bonds is 3. The largest absolute Gasteiger partial charge is 0.481 e. The number of hydrogen-bond donors (Lipinski definition) is 3. The van der Waals surface area contributed by atoms with Crippen molar-refractivity contribution in [2.75, 3.05) is 0 Å². The van der Waals surface area contributed by atoms with Crippen LogP contribution in [-0.2, 0) is 9.53 Å². The van der Waals surface area contributed by atoms with Crippen LogP contribution in [0.1, 0.15) is 33.1 Å². The summed E-state index contributed by atoms with van der Waals surface area (Å²) in [5.41, 5.74) is -1.35. The lowest BCUT2D eigenvalue weighted by molar-refractivity contribution is -0.229. The number of carboxylic acids is 1. The molecular formula is C10H18O5. The standard InChI is InChI=1S/C10H18O5/c1-6(2)7-3-10(14,4-8(11)12)5-9(13)15-7/h6-7,9,13-14H,3-5H2,1-2H3,(H,11,12)/t7-,9?,10?/m1/s1. The molecule has 0 aromatic rings. The van der Waals surface area contributed by atoms with Gasteiger partial charge in [0.2, 0.25) is 0 Å². The molecule has 3 N–H and O–H groups in total. The van der Waals surface area contributed by atoms with Crippen molar-refractivity contribution in [3.05, 3.63) is 0 Å². The molecule has 1 aliphatic rings. The maximum Gasteiger partial charge on any atom is 0.306 e. The molecule has 1 fully saturated rings. The maximum absolute atomic E-state index is 10.6. The Morgan fingerprint density at radius 2 is 2.13 bits per heavy atom. The van der Waals surface area contributed by atoms with Gasteiger partial charge in [-0.3, -0.25) is 4.79 Å². The first-order valence-corrected chi connectivity index (χ1v) is 5.10. The van der Waals surface area contributed by atoms with E-state index >= 15 is 0 Å². The molecule has 5 heteroatoms. The summed E-state index contributed by atoms with van der Waals surface area (Å²) in [7, 11) is 0. The molecule has 5 nitrogen and oxygen atoms in total. The zero-order valence-electron chi connectivity index (χ0n) is 9.01.